The molecule has 1 aliphatic heterocycles. The van der Waals surface area contributed by atoms with E-state index in [9.17, 15) is 9.59 Å². The van der Waals surface area contributed by atoms with Crippen molar-refractivity contribution in [1.82, 2.24) is 29.7 Å². The van der Waals surface area contributed by atoms with E-state index >= 15 is 0 Å². The molecule has 0 spiro atoms. The Hall–Kier alpha value is -2.16. The molecule has 1 aromatic heterocycles. The van der Waals surface area contributed by atoms with E-state index in [2.05, 4.69) is 10.3 Å². The molecule has 0 aromatic carbocycles. The molecule has 1 aromatic rings. The molecule has 2 rings (SSSR count). The Morgan fingerprint density at radius 1 is 1.36 bits per heavy atom. The monoisotopic (exact) mass is 310 g/mol. The van der Waals surface area contributed by atoms with Crippen LogP contribution in [-0.2, 0) is 4.74 Å². The van der Waals surface area contributed by atoms with E-state index in [4.69, 9.17) is 4.74 Å². The van der Waals surface area contributed by atoms with Gasteiger partial charge in [-0.3, -0.25) is 4.79 Å². The molecule has 22 heavy (non-hydrogen) atoms. The minimum absolute atomic E-state index is 0.0213. The fourth-order valence-electron chi connectivity index (χ4n) is 2.14. The van der Waals surface area contributed by atoms with Gasteiger partial charge in [-0.05, 0) is 0 Å². The predicted molar refractivity (Wildman–Crippen MR) is 78.6 cm³/mol. The third-order valence-electron chi connectivity index (χ3n) is 3.60. The molecule has 1 saturated heterocycles. The van der Waals surface area contributed by atoms with Crippen LogP contribution in [0.1, 0.15) is 16.5 Å². The minimum Gasteiger partial charge on any atom is -0.383 e. The lowest BCUT2D eigenvalue weighted by Crippen LogP contribution is -2.54. The van der Waals surface area contributed by atoms with Crippen molar-refractivity contribution in [3.63, 3.8) is 0 Å². The molecule has 3 amide bonds. The second kappa shape index (κ2) is 6.73. The summed E-state index contributed by atoms with van der Waals surface area (Å²) < 4.78 is 6.60. The van der Waals surface area contributed by atoms with Crippen molar-refractivity contribution >= 4 is 11.9 Å². The Morgan fingerprint density at radius 3 is 2.64 bits per heavy atom. The van der Waals surface area contributed by atoms with Gasteiger partial charge in [0.05, 0.1) is 18.8 Å². The number of amides is 3. The van der Waals surface area contributed by atoms with E-state index in [0.29, 0.717) is 31.9 Å². The lowest BCUT2D eigenvalue weighted by molar-refractivity contribution is 0.0738. The highest BCUT2D eigenvalue weighted by Gasteiger charge is 2.34. The number of likely N-dealkylation sites (tertiary alicyclic amines) is 1. The number of carbonyl (C=O) groups is 2. The van der Waals surface area contributed by atoms with Crippen molar-refractivity contribution in [2.75, 3.05) is 54.5 Å². The van der Waals surface area contributed by atoms with Crippen LogP contribution in [0.3, 0.4) is 0 Å². The molecule has 2 heterocycles. The Kier molecular flexibility index (Phi) is 4.96. The first kappa shape index (κ1) is 16.2. The molecule has 0 saturated carbocycles. The molecule has 0 radical (unpaired) electrons. The number of nitrogens with zero attached hydrogens (tertiary/aromatic N) is 6. The maximum absolute atomic E-state index is 12.1. The van der Waals surface area contributed by atoms with E-state index in [1.54, 1.807) is 48.9 Å². The molecule has 1 aliphatic rings. The fraction of sp³-hybridized carbons (Fsp3) is 0.692. The molecule has 0 bridgehead atoms. The SMILES string of the molecule is COCCN(C)C(=O)c1cn(C2CN(C(=O)N(C)C)C2)nn1. The Labute approximate surface area is 129 Å². The number of aromatic nitrogens is 3. The molecule has 9 heteroatoms. The van der Waals surface area contributed by atoms with Crippen molar-refractivity contribution in [2.45, 2.75) is 6.04 Å². The van der Waals surface area contributed by atoms with Crippen molar-refractivity contribution < 1.29 is 14.3 Å². The topological polar surface area (TPSA) is 83.8 Å². The molecule has 0 unspecified atom stereocenters. The number of urea groups is 1. The molecular formula is C13H22N6O3. The van der Waals surface area contributed by atoms with E-state index < -0.39 is 0 Å². The van der Waals surface area contributed by atoms with Gasteiger partial charge in [0.15, 0.2) is 5.69 Å². The normalized spacial score (nSPS) is 14.6. The van der Waals surface area contributed by atoms with Crippen molar-refractivity contribution in [1.29, 1.82) is 0 Å². The highest BCUT2D eigenvalue weighted by atomic mass is 16.5. The van der Waals surface area contributed by atoms with Crippen LogP contribution in [0.2, 0.25) is 0 Å². The van der Waals surface area contributed by atoms with Crippen LogP contribution < -0.4 is 0 Å². The fourth-order valence-corrected chi connectivity index (χ4v) is 2.14. The number of rotatable bonds is 5. The number of hydrogen-bond acceptors (Lipinski definition) is 5. The van der Waals surface area contributed by atoms with Crippen molar-refractivity contribution in [2.24, 2.45) is 0 Å². The van der Waals surface area contributed by atoms with Gasteiger partial charge in [0.1, 0.15) is 0 Å². The zero-order chi connectivity index (χ0) is 16.3. The van der Waals surface area contributed by atoms with Gasteiger partial charge in [-0.15, -0.1) is 5.10 Å². The van der Waals surface area contributed by atoms with Crippen LogP contribution in [0.4, 0.5) is 4.79 Å². The summed E-state index contributed by atoms with van der Waals surface area (Å²) in [6, 6.07) is 0.0502. The Bertz CT molecular complexity index is 538. The second-order valence-corrected chi connectivity index (χ2v) is 5.54. The third-order valence-corrected chi connectivity index (χ3v) is 3.60. The number of hydrogen-bond donors (Lipinski definition) is 0. The quantitative estimate of drug-likeness (QED) is 0.734. The average molecular weight is 310 g/mol. The number of ether oxygens (including phenoxy) is 1. The molecule has 0 aliphatic carbocycles. The van der Waals surface area contributed by atoms with E-state index in [0.717, 1.165) is 0 Å². The van der Waals surface area contributed by atoms with E-state index in [1.165, 1.54) is 4.90 Å². The minimum atomic E-state index is -0.191. The predicted octanol–water partition coefficient (Wildman–Crippen LogP) is -0.465. The zero-order valence-corrected chi connectivity index (χ0v) is 13.4. The van der Waals surface area contributed by atoms with Crippen molar-refractivity contribution in [3.8, 4) is 0 Å². The Balaban J connectivity index is 1.90. The maximum Gasteiger partial charge on any atom is 0.319 e. The van der Waals surface area contributed by atoms with Crippen LogP contribution >= 0.6 is 0 Å². The van der Waals surface area contributed by atoms with Crippen LogP contribution in [0.5, 0.6) is 0 Å². The maximum atomic E-state index is 12.1. The van der Waals surface area contributed by atoms with Crippen LogP contribution in [0.25, 0.3) is 0 Å². The summed E-state index contributed by atoms with van der Waals surface area (Å²) in [4.78, 5) is 28.7. The van der Waals surface area contributed by atoms with Crippen LogP contribution in [0.15, 0.2) is 6.20 Å². The molecule has 1 fully saturated rings. The van der Waals surface area contributed by atoms with Crippen molar-refractivity contribution in [3.05, 3.63) is 11.9 Å². The van der Waals surface area contributed by atoms with Crippen LogP contribution in [-0.4, -0.2) is 96.1 Å². The van der Waals surface area contributed by atoms with Crippen LogP contribution in [0, 0.1) is 0 Å². The number of carbonyl (C=O) groups excluding carboxylic acids is 2. The molecule has 122 valence electrons. The molecular weight excluding hydrogens is 288 g/mol. The van der Waals surface area contributed by atoms with Gasteiger partial charge < -0.3 is 19.4 Å². The smallest absolute Gasteiger partial charge is 0.319 e. The average Bonchev–Trinajstić information content (AvgIpc) is 2.91. The van der Waals surface area contributed by atoms with Gasteiger partial charge >= 0.3 is 6.03 Å². The van der Waals surface area contributed by atoms with Gasteiger partial charge in [0.25, 0.3) is 5.91 Å². The number of likely N-dealkylation sites (N-methyl/N-ethyl adjacent to an activating group) is 1. The first-order valence-corrected chi connectivity index (χ1v) is 7.06. The van der Waals surface area contributed by atoms with E-state index in [-0.39, 0.29) is 18.0 Å². The summed E-state index contributed by atoms with van der Waals surface area (Å²) in [5, 5.41) is 7.92. The summed E-state index contributed by atoms with van der Waals surface area (Å²) >= 11 is 0. The van der Waals surface area contributed by atoms with Gasteiger partial charge in [-0.1, -0.05) is 5.21 Å². The molecule has 9 nitrogen and oxygen atoms in total. The lowest BCUT2D eigenvalue weighted by Gasteiger charge is -2.40. The summed E-state index contributed by atoms with van der Waals surface area (Å²) in [5.41, 5.74) is 0.302. The summed E-state index contributed by atoms with van der Waals surface area (Å²) in [6.07, 6.45) is 1.63. The highest BCUT2D eigenvalue weighted by Crippen LogP contribution is 2.21. The summed E-state index contributed by atoms with van der Waals surface area (Å²) in [7, 11) is 6.72. The largest absolute Gasteiger partial charge is 0.383 e. The third kappa shape index (κ3) is 3.35. The van der Waals surface area contributed by atoms with Gasteiger partial charge in [0, 0.05) is 47.9 Å². The lowest BCUT2D eigenvalue weighted by atomic mass is 10.1. The van der Waals surface area contributed by atoms with Gasteiger partial charge in [-0.25, -0.2) is 9.48 Å². The first-order valence-electron chi connectivity index (χ1n) is 7.06. The molecule has 0 atom stereocenters. The first-order chi connectivity index (χ1) is 10.4. The standard InChI is InChI=1S/C13H22N6O3/c1-16(2)13(21)18-7-10(8-18)19-9-11(14-15-19)12(20)17(3)5-6-22-4/h9-10H,5-8H2,1-4H3. The van der Waals surface area contributed by atoms with Gasteiger partial charge in [-0.2, -0.15) is 0 Å². The van der Waals surface area contributed by atoms with E-state index in [1.807, 2.05) is 0 Å². The number of methoxy groups -OCH3 is 1. The zero-order valence-electron chi connectivity index (χ0n) is 13.4. The Morgan fingerprint density at radius 2 is 2.05 bits per heavy atom. The highest BCUT2D eigenvalue weighted by molar-refractivity contribution is 5.91. The van der Waals surface area contributed by atoms with Gasteiger partial charge in [0.2, 0.25) is 0 Å². The summed E-state index contributed by atoms with van der Waals surface area (Å²) in [5.74, 6) is -0.191. The summed E-state index contributed by atoms with van der Waals surface area (Å²) in [6.45, 7) is 2.12. The second-order valence-electron chi connectivity index (χ2n) is 5.54. The molecule has 0 N–H and O–H groups in total.